The molecular weight excluding hydrogens is 448 g/mol. The van der Waals surface area contributed by atoms with Crippen LogP contribution in [-0.4, -0.2) is 39.4 Å². The van der Waals surface area contributed by atoms with E-state index in [0.29, 0.717) is 28.4 Å². The van der Waals surface area contributed by atoms with Crippen LogP contribution < -0.4 is 24.8 Å². The lowest BCUT2D eigenvalue weighted by Gasteiger charge is -2.29. The largest absolute Gasteiger partial charge is 0.496 e. The number of methoxy groups -OCH3 is 3. The highest BCUT2D eigenvalue weighted by Gasteiger charge is 2.30. The summed E-state index contributed by atoms with van der Waals surface area (Å²) in [5.74, 6) is 1.09. The van der Waals surface area contributed by atoms with Gasteiger partial charge in [-0.1, -0.05) is 48.5 Å². The molecule has 0 radical (unpaired) electrons. The Morgan fingerprint density at radius 3 is 1.91 bits per heavy atom. The van der Waals surface area contributed by atoms with Crippen molar-refractivity contribution in [3.63, 3.8) is 0 Å². The fourth-order valence-corrected chi connectivity index (χ4v) is 3.64. The number of alkyl carbamates (subject to hydrolysis) is 1. The molecule has 3 aromatic rings. The second kappa shape index (κ2) is 12.3. The van der Waals surface area contributed by atoms with Crippen molar-refractivity contribution in [3.05, 3.63) is 89.5 Å². The first-order valence-corrected chi connectivity index (χ1v) is 11.1. The average Bonchev–Trinajstić information content (AvgIpc) is 2.90. The Morgan fingerprint density at radius 1 is 0.800 bits per heavy atom. The molecule has 3 rings (SSSR count). The van der Waals surface area contributed by atoms with Crippen LogP contribution >= 0.6 is 0 Å². The summed E-state index contributed by atoms with van der Waals surface area (Å²) in [6.45, 7) is 1.88. The van der Waals surface area contributed by atoms with Crippen molar-refractivity contribution in [2.45, 2.75) is 25.6 Å². The molecule has 2 atom stereocenters. The number of rotatable bonds is 10. The summed E-state index contributed by atoms with van der Waals surface area (Å²) >= 11 is 0. The minimum Gasteiger partial charge on any atom is -0.496 e. The Kier molecular flexibility index (Phi) is 8.95. The molecule has 0 aliphatic rings. The molecule has 8 nitrogen and oxygen atoms in total. The van der Waals surface area contributed by atoms with Gasteiger partial charge in [0.2, 0.25) is 0 Å². The molecule has 8 heteroatoms. The second-order valence-corrected chi connectivity index (χ2v) is 7.76. The lowest BCUT2D eigenvalue weighted by Crippen LogP contribution is -2.45. The summed E-state index contributed by atoms with van der Waals surface area (Å²) in [5, 5.41) is 5.82. The quantitative estimate of drug-likeness (QED) is 0.446. The van der Waals surface area contributed by atoms with Gasteiger partial charge >= 0.3 is 6.09 Å². The van der Waals surface area contributed by atoms with Gasteiger partial charge < -0.3 is 29.6 Å². The van der Waals surface area contributed by atoms with Crippen molar-refractivity contribution in [2.75, 3.05) is 21.3 Å². The second-order valence-electron chi connectivity index (χ2n) is 7.76. The molecule has 0 aromatic heterocycles. The van der Waals surface area contributed by atoms with E-state index in [0.717, 1.165) is 5.56 Å². The first-order chi connectivity index (χ1) is 17.0. The van der Waals surface area contributed by atoms with Crippen molar-refractivity contribution < 1.29 is 28.5 Å². The third-order valence-electron chi connectivity index (χ3n) is 5.45. The predicted molar refractivity (Wildman–Crippen MR) is 132 cm³/mol. The maximum Gasteiger partial charge on any atom is 0.408 e. The van der Waals surface area contributed by atoms with Gasteiger partial charge in [0.1, 0.15) is 23.9 Å². The highest BCUT2D eigenvalue weighted by molar-refractivity contribution is 5.94. The molecule has 0 aliphatic heterocycles. The molecule has 0 spiro atoms. The Balaban J connectivity index is 1.90. The van der Waals surface area contributed by atoms with E-state index >= 15 is 0 Å². The number of benzene rings is 3. The van der Waals surface area contributed by atoms with Crippen molar-refractivity contribution >= 4 is 12.0 Å². The summed E-state index contributed by atoms with van der Waals surface area (Å²) in [6.07, 6.45) is -0.653. The molecule has 0 aliphatic carbocycles. The minimum absolute atomic E-state index is 0.0982. The summed E-state index contributed by atoms with van der Waals surface area (Å²) in [6, 6.07) is 20.2. The zero-order valence-corrected chi connectivity index (χ0v) is 20.2. The van der Waals surface area contributed by atoms with Gasteiger partial charge in [0.25, 0.3) is 5.91 Å². The van der Waals surface area contributed by atoms with Gasteiger partial charge in [0.05, 0.1) is 39.0 Å². The molecule has 184 valence electrons. The number of carbonyl (C=O) groups excluding carboxylic acids is 2. The molecule has 0 unspecified atom stereocenters. The molecule has 0 saturated heterocycles. The highest BCUT2D eigenvalue weighted by Crippen LogP contribution is 2.39. The summed E-state index contributed by atoms with van der Waals surface area (Å²) in [5.41, 5.74) is 1.89. The third kappa shape index (κ3) is 6.66. The third-order valence-corrected chi connectivity index (χ3v) is 5.45. The number of amides is 2. The van der Waals surface area contributed by atoms with Crippen molar-refractivity contribution in [3.8, 4) is 17.2 Å². The van der Waals surface area contributed by atoms with Crippen molar-refractivity contribution in [1.29, 1.82) is 0 Å². The van der Waals surface area contributed by atoms with E-state index in [1.165, 1.54) is 21.3 Å². The summed E-state index contributed by atoms with van der Waals surface area (Å²) < 4.78 is 22.0. The van der Waals surface area contributed by atoms with Crippen LogP contribution in [0.5, 0.6) is 17.2 Å². The van der Waals surface area contributed by atoms with Crippen molar-refractivity contribution in [1.82, 2.24) is 10.6 Å². The topological polar surface area (TPSA) is 95.1 Å². The first kappa shape index (κ1) is 25.4. The van der Waals surface area contributed by atoms with Gasteiger partial charge in [-0.2, -0.15) is 0 Å². The van der Waals surface area contributed by atoms with Gasteiger partial charge in [0.15, 0.2) is 0 Å². The van der Waals surface area contributed by atoms with Crippen LogP contribution in [-0.2, 0) is 11.3 Å². The molecule has 2 N–H and O–H groups in total. The zero-order chi connectivity index (χ0) is 25.2. The smallest absolute Gasteiger partial charge is 0.408 e. The fraction of sp³-hybridized carbons (Fsp3) is 0.259. The van der Waals surface area contributed by atoms with E-state index < -0.39 is 18.2 Å². The van der Waals surface area contributed by atoms with Gasteiger partial charge in [-0.05, 0) is 24.6 Å². The monoisotopic (exact) mass is 478 g/mol. The van der Waals surface area contributed by atoms with Crippen LogP contribution in [0, 0.1) is 0 Å². The Morgan fingerprint density at radius 2 is 1.37 bits per heavy atom. The first-order valence-electron chi connectivity index (χ1n) is 11.1. The normalized spacial score (nSPS) is 12.1. The van der Waals surface area contributed by atoms with Crippen LogP contribution in [0.3, 0.4) is 0 Å². The van der Waals surface area contributed by atoms with E-state index in [-0.39, 0.29) is 12.5 Å². The fourth-order valence-electron chi connectivity index (χ4n) is 3.64. The van der Waals surface area contributed by atoms with Crippen LogP contribution in [0.15, 0.2) is 72.8 Å². The zero-order valence-electron chi connectivity index (χ0n) is 20.2. The summed E-state index contributed by atoms with van der Waals surface area (Å²) in [7, 11) is 4.55. The lowest BCUT2D eigenvalue weighted by molar-refractivity contribution is 0.0923. The van der Waals surface area contributed by atoms with Gasteiger partial charge in [0, 0.05) is 17.7 Å². The Bertz CT molecular complexity index is 1100. The van der Waals surface area contributed by atoms with E-state index in [4.69, 9.17) is 18.9 Å². The number of hydrogen-bond donors (Lipinski definition) is 2. The highest BCUT2D eigenvalue weighted by atomic mass is 16.5. The van der Waals surface area contributed by atoms with Crippen LogP contribution in [0.2, 0.25) is 0 Å². The maximum atomic E-state index is 12.9. The van der Waals surface area contributed by atoms with Gasteiger partial charge in [-0.25, -0.2) is 4.79 Å². The van der Waals surface area contributed by atoms with E-state index in [2.05, 4.69) is 10.6 Å². The molecular formula is C27H30N2O6. The van der Waals surface area contributed by atoms with Gasteiger partial charge in [-0.3, -0.25) is 4.79 Å². The number of hydrogen-bond acceptors (Lipinski definition) is 6. The van der Waals surface area contributed by atoms with Crippen LogP contribution in [0.25, 0.3) is 0 Å². The van der Waals surface area contributed by atoms with E-state index in [1.807, 2.05) is 36.4 Å². The standard InChI is InChI=1S/C27H30N2O6/c1-18(28-26(30)20-13-9-6-10-14-20)25(29-27(31)35-17-19-11-7-5-8-12-19)24-22(33-3)15-21(32-2)16-23(24)34-4/h5-16,18,25H,17H2,1-4H3,(H,28,30)(H,29,31)/t18-,25+/m1/s1. The predicted octanol–water partition coefficient (Wildman–Crippen LogP) is 4.50. The molecule has 0 fully saturated rings. The summed E-state index contributed by atoms with van der Waals surface area (Å²) in [4.78, 5) is 25.7. The molecule has 2 amide bonds. The van der Waals surface area contributed by atoms with Gasteiger partial charge in [-0.15, -0.1) is 0 Å². The Labute approximate surface area is 205 Å². The molecule has 3 aromatic carbocycles. The number of ether oxygens (including phenoxy) is 4. The van der Waals surface area contributed by atoms with Crippen LogP contribution in [0.1, 0.15) is 34.5 Å². The van der Waals surface area contributed by atoms with E-state index in [1.54, 1.807) is 43.3 Å². The van der Waals surface area contributed by atoms with Crippen LogP contribution in [0.4, 0.5) is 4.79 Å². The number of carbonyl (C=O) groups is 2. The molecule has 0 heterocycles. The molecule has 0 bridgehead atoms. The van der Waals surface area contributed by atoms with Crippen molar-refractivity contribution in [2.24, 2.45) is 0 Å². The lowest BCUT2D eigenvalue weighted by atomic mass is 9.97. The Hall–Kier alpha value is -4.20. The molecule has 0 saturated carbocycles. The molecule has 35 heavy (non-hydrogen) atoms. The minimum atomic E-state index is -0.748. The average molecular weight is 479 g/mol. The number of nitrogens with one attached hydrogen (secondary N) is 2. The SMILES string of the molecule is COc1cc(OC)c([C@@H](NC(=O)OCc2ccccc2)[C@@H](C)NC(=O)c2ccccc2)c(OC)c1. The maximum absolute atomic E-state index is 12.9. The van der Waals surface area contributed by atoms with E-state index in [9.17, 15) is 9.59 Å².